The highest BCUT2D eigenvalue weighted by molar-refractivity contribution is 5.78. The first-order chi connectivity index (χ1) is 9.05. The number of rotatable bonds is 7. The smallest absolute Gasteiger partial charge is 0.234 e. The van der Waals surface area contributed by atoms with E-state index in [2.05, 4.69) is 15.7 Å². The van der Waals surface area contributed by atoms with Crippen molar-refractivity contribution >= 4 is 11.7 Å². The molecule has 0 aromatic carbocycles. The maximum atomic E-state index is 11.7. The van der Waals surface area contributed by atoms with Crippen LogP contribution in [-0.2, 0) is 11.3 Å². The van der Waals surface area contributed by atoms with Gasteiger partial charge < -0.3 is 10.7 Å². The fourth-order valence-electron chi connectivity index (χ4n) is 1.73. The topological polar surface area (TPSA) is 83.3 Å². The molecule has 0 aliphatic rings. The van der Waals surface area contributed by atoms with Crippen molar-refractivity contribution in [1.82, 2.24) is 15.2 Å². The molecule has 0 atom stereocenters. The monoisotopic (exact) mass is 265 g/mol. The van der Waals surface area contributed by atoms with Crippen LogP contribution in [0.3, 0.4) is 0 Å². The van der Waals surface area contributed by atoms with Crippen LogP contribution >= 0.6 is 0 Å². The van der Waals surface area contributed by atoms with Gasteiger partial charge in [-0.15, -0.1) is 0 Å². The molecule has 0 spiro atoms. The normalized spacial score (nSPS) is 10.8. The van der Waals surface area contributed by atoms with E-state index in [-0.39, 0.29) is 11.9 Å². The Kier molecular flexibility index (Phi) is 6.24. The summed E-state index contributed by atoms with van der Waals surface area (Å²) < 4.78 is 0. The average molecular weight is 265 g/mol. The van der Waals surface area contributed by atoms with Crippen LogP contribution in [0.25, 0.3) is 0 Å². The molecule has 1 aromatic heterocycles. The third-order valence-corrected chi connectivity index (χ3v) is 2.60. The standard InChI is InChI=1S/C13H23N5O/c1-4-18(9-13(19)15-10(2)3)8-11-6-5-7-12(16-11)17-14/h5-7,10H,4,8-9,14H2,1-3H3,(H,15,19)(H,16,17). The van der Waals surface area contributed by atoms with Gasteiger partial charge >= 0.3 is 0 Å². The van der Waals surface area contributed by atoms with Crippen molar-refractivity contribution in [2.75, 3.05) is 18.5 Å². The van der Waals surface area contributed by atoms with Crippen LogP contribution in [0.1, 0.15) is 26.5 Å². The molecule has 19 heavy (non-hydrogen) atoms. The lowest BCUT2D eigenvalue weighted by molar-refractivity contribution is -0.122. The molecule has 0 saturated carbocycles. The number of carbonyl (C=O) groups excluding carboxylic acids is 1. The highest BCUT2D eigenvalue weighted by Crippen LogP contribution is 2.06. The van der Waals surface area contributed by atoms with Crippen LogP contribution in [0, 0.1) is 0 Å². The number of hydrogen-bond acceptors (Lipinski definition) is 5. The third kappa shape index (κ3) is 5.67. The van der Waals surface area contributed by atoms with Gasteiger partial charge in [-0.3, -0.25) is 9.69 Å². The van der Waals surface area contributed by atoms with Crippen LogP contribution in [0.5, 0.6) is 0 Å². The molecule has 0 saturated heterocycles. The maximum absolute atomic E-state index is 11.7. The number of anilines is 1. The largest absolute Gasteiger partial charge is 0.353 e. The molecule has 0 aliphatic heterocycles. The van der Waals surface area contributed by atoms with Gasteiger partial charge in [0.15, 0.2) is 0 Å². The first kappa shape index (κ1) is 15.4. The predicted molar refractivity (Wildman–Crippen MR) is 76.3 cm³/mol. The zero-order chi connectivity index (χ0) is 14.3. The second-order valence-electron chi connectivity index (χ2n) is 4.68. The summed E-state index contributed by atoms with van der Waals surface area (Å²) in [6, 6.07) is 5.77. The molecule has 1 heterocycles. The van der Waals surface area contributed by atoms with E-state index < -0.39 is 0 Å². The summed E-state index contributed by atoms with van der Waals surface area (Å²) in [6.07, 6.45) is 0. The van der Waals surface area contributed by atoms with Crippen molar-refractivity contribution in [1.29, 1.82) is 0 Å². The Labute approximate surface area is 114 Å². The minimum absolute atomic E-state index is 0.0324. The Morgan fingerprint density at radius 1 is 1.47 bits per heavy atom. The first-order valence-electron chi connectivity index (χ1n) is 6.49. The number of nitrogens with zero attached hydrogens (tertiary/aromatic N) is 2. The number of amides is 1. The van der Waals surface area contributed by atoms with Crippen molar-refractivity contribution in [2.45, 2.75) is 33.4 Å². The average Bonchev–Trinajstić information content (AvgIpc) is 2.37. The van der Waals surface area contributed by atoms with Crippen molar-refractivity contribution in [3.8, 4) is 0 Å². The zero-order valence-electron chi connectivity index (χ0n) is 11.8. The molecule has 6 nitrogen and oxygen atoms in total. The van der Waals surface area contributed by atoms with Gasteiger partial charge in [0.25, 0.3) is 0 Å². The molecular weight excluding hydrogens is 242 g/mol. The van der Waals surface area contributed by atoms with Gasteiger partial charge in [0.1, 0.15) is 5.82 Å². The van der Waals surface area contributed by atoms with Gasteiger partial charge in [-0.1, -0.05) is 13.0 Å². The molecule has 6 heteroatoms. The van der Waals surface area contributed by atoms with E-state index in [1.807, 2.05) is 37.8 Å². The fourth-order valence-corrected chi connectivity index (χ4v) is 1.73. The highest BCUT2D eigenvalue weighted by Gasteiger charge is 2.11. The van der Waals surface area contributed by atoms with Crippen LogP contribution in [0.15, 0.2) is 18.2 Å². The van der Waals surface area contributed by atoms with Crippen LogP contribution in [0.4, 0.5) is 5.82 Å². The number of hydrazine groups is 1. The number of hydrogen-bond donors (Lipinski definition) is 3. The summed E-state index contributed by atoms with van der Waals surface area (Å²) in [5.41, 5.74) is 3.40. The Hall–Kier alpha value is -1.66. The lowest BCUT2D eigenvalue weighted by Crippen LogP contribution is -2.39. The number of likely N-dealkylation sites (N-methyl/N-ethyl adjacent to an activating group) is 1. The lowest BCUT2D eigenvalue weighted by atomic mass is 10.3. The number of aromatic nitrogens is 1. The quantitative estimate of drug-likeness (QED) is 0.499. The summed E-state index contributed by atoms with van der Waals surface area (Å²) in [7, 11) is 0. The minimum Gasteiger partial charge on any atom is -0.353 e. The minimum atomic E-state index is 0.0324. The second-order valence-corrected chi connectivity index (χ2v) is 4.68. The Balaban J connectivity index is 2.58. The van der Waals surface area contributed by atoms with E-state index in [1.54, 1.807) is 6.07 Å². The number of carbonyl (C=O) groups is 1. The van der Waals surface area contributed by atoms with Crippen LogP contribution in [-0.4, -0.2) is 34.9 Å². The summed E-state index contributed by atoms with van der Waals surface area (Å²) in [5.74, 6) is 5.98. The Morgan fingerprint density at radius 2 is 2.21 bits per heavy atom. The molecule has 1 aromatic rings. The number of pyridine rings is 1. The van der Waals surface area contributed by atoms with Gasteiger partial charge in [0, 0.05) is 12.6 Å². The molecule has 1 amide bonds. The zero-order valence-corrected chi connectivity index (χ0v) is 11.8. The number of nitrogens with two attached hydrogens (primary N) is 1. The van der Waals surface area contributed by atoms with Crippen molar-refractivity contribution < 1.29 is 4.79 Å². The van der Waals surface area contributed by atoms with E-state index >= 15 is 0 Å². The highest BCUT2D eigenvalue weighted by atomic mass is 16.2. The predicted octanol–water partition coefficient (Wildman–Crippen LogP) is 0.714. The van der Waals surface area contributed by atoms with E-state index in [4.69, 9.17) is 5.84 Å². The number of nitrogens with one attached hydrogen (secondary N) is 2. The van der Waals surface area contributed by atoms with Gasteiger partial charge in [-0.25, -0.2) is 10.8 Å². The van der Waals surface area contributed by atoms with Gasteiger partial charge in [0.05, 0.1) is 12.2 Å². The van der Waals surface area contributed by atoms with Crippen molar-refractivity contribution in [3.05, 3.63) is 23.9 Å². The van der Waals surface area contributed by atoms with Crippen molar-refractivity contribution in [2.24, 2.45) is 5.84 Å². The van der Waals surface area contributed by atoms with Gasteiger partial charge in [-0.05, 0) is 32.5 Å². The van der Waals surface area contributed by atoms with Gasteiger partial charge in [0.2, 0.25) is 5.91 Å². The van der Waals surface area contributed by atoms with E-state index in [0.717, 1.165) is 12.2 Å². The SMILES string of the molecule is CCN(CC(=O)NC(C)C)Cc1cccc(NN)n1. The molecule has 0 unspecified atom stereocenters. The molecule has 106 valence electrons. The summed E-state index contributed by atoms with van der Waals surface area (Å²) >= 11 is 0. The Bertz CT molecular complexity index is 408. The molecule has 0 bridgehead atoms. The molecule has 1 rings (SSSR count). The molecule has 0 aliphatic carbocycles. The van der Waals surface area contributed by atoms with Crippen LogP contribution < -0.4 is 16.6 Å². The molecular formula is C13H23N5O. The lowest BCUT2D eigenvalue weighted by Gasteiger charge is -2.20. The third-order valence-electron chi connectivity index (χ3n) is 2.60. The summed E-state index contributed by atoms with van der Waals surface area (Å²) in [6.45, 7) is 7.70. The van der Waals surface area contributed by atoms with E-state index in [9.17, 15) is 4.79 Å². The Morgan fingerprint density at radius 3 is 2.79 bits per heavy atom. The maximum Gasteiger partial charge on any atom is 0.234 e. The van der Waals surface area contributed by atoms with E-state index in [0.29, 0.717) is 18.9 Å². The summed E-state index contributed by atoms with van der Waals surface area (Å²) in [4.78, 5) is 18.1. The van der Waals surface area contributed by atoms with Crippen LogP contribution in [0.2, 0.25) is 0 Å². The fraction of sp³-hybridized carbons (Fsp3) is 0.538. The molecule has 0 radical (unpaired) electrons. The van der Waals surface area contributed by atoms with Crippen molar-refractivity contribution in [3.63, 3.8) is 0 Å². The van der Waals surface area contributed by atoms with Gasteiger partial charge in [-0.2, -0.15) is 0 Å². The second kappa shape index (κ2) is 7.70. The van der Waals surface area contributed by atoms with E-state index in [1.165, 1.54) is 0 Å². The first-order valence-corrected chi connectivity index (χ1v) is 6.49. The number of nitrogen functional groups attached to an aromatic ring is 1. The molecule has 0 fully saturated rings. The molecule has 4 N–H and O–H groups in total. The summed E-state index contributed by atoms with van der Waals surface area (Å²) in [5, 5.41) is 2.88.